The Morgan fingerprint density at radius 1 is 1.40 bits per heavy atom. The Hall–Kier alpha value is -2.48. The number of aryl methyl sites for hydroxylation is 1. The molecule has 0 amide bonds. The molecular weight excluding hydrogens is 265 g/mol. The van der Waals surface area contributed by atoms with Crippen LogP contribution in [0.1, 0.15) is 12.0 Å². The third-order valence-electron chi connectivity index (χ3n) is 2.95. The fourth-order valence-corrected chi connectivity index (χ4v) is 1.83. The highest BCUT2D eigenvalue weighted by Gasteiger charge is 2.31. The number of hydrogen-bond donors (Lipinski definition) is 3. The van der Waals surface area contributed by atoms with E-state index < -0.39 is 10.7 Å². The van der Waals surface area contributed by atoms with Crippen molar-refractivity contribution in [1.82, 2.24) is 5.32 Å². The summed E-state index contributed by atoms with van der Waals surface area (Å²) in [6, 6.07) is 6.00. The van der Waals surface area contributed by atoms with Crippen molar-refractivity contribution in [2.75, 3.05) is 0 Å². The molecule has 8 heteroatoms. The number of halogens is 1. The highest BCUT2D eigenvalue weighted by atomic mass is 19.1. The van der Waals surface area contributed by atoms with Crippen LogP contribution in [-0.4, -0.2) is 16.5 Å². The summed E-state index contributed by atoms with van der Waals surface area (Å²) in [6.07, 6.45) is 2.04. The standard InChI is InChI=1S/C12H14FN5O2/c13-9-3-1-8(2-4-9)5-6-12(15)16-7-10(18(19)20)11(14)17-12/h1-4,7,16H,5-6,15H2,(H2,14,17). The van der Waals surface area contributed by atoms with E-state index in [1.54, 1.807) is 12.1 Å². The fraction of sp³-hybridized carbons (Fsp3) is 0.250. The number of benzene rings is 1. The molecule has 0 bridgehead atoms. The van der Waals surface area contributed by atoms with E-state index in [1.807, 2.05) is 0 Å². The minimum absolute atomic E-state index is 0.213. The second-order valence-electron chi connectivity index (χ2n) is 4.48. The third-order valence-corrected chi connectivity index (χ3v) is 2.95. The van der Waals surface area contributed by atoms with Crippen LogP contribution in [0.25, 0.3) is 0 Å². The molecule has 0 aliphatic carbocycles. The van der Waals surface area contributed by atoms with Gasteiger partial charge in [-0.3, -0.25) is 15.8 Å². The molecule has 1 aliphatic rings. The Kier molecular flexibility index (Phi) is 3.66. The fourth-order valence-electron chi connectivity index (χ4n) is 1.83. The van der Waals surface area contributed by atoms with Gasteiger partial charge in [-0.05, 0) is 24.1 Å². The van der Waals surface area contributed by atoms with E-state index >= 15 is 0 Å². The van der Waals surface area contributed by atoms with Crippen LogP contribution < -0.4 is 16.8 Å². The summed E-state index contributed by atoms with van der Waals surface area (Å²) in [5.74, 6) is -1.72. The summed E-state index contributed by atoms with van der Waals surface area (Å²) in [4.78, 5) is 13.9. The number of nitro groups is 1. The molecular formula is C12H14FN5O2. The predicted molar refractivity (Wildman–Crippen MR) is 71.5 cm³/mol. The molecule has 0 saturated carbocycles. The maximum absolute atomic E-state index is 12.8. The lowest BCUT2D eigenvalue weighted by Crippen LogP contribution is -2.54. The molecule has 20 heavy (non-hydrogen) atoms. The zero-order chi connectivity index (χ0) is 14.8. The second kappa shape index (κ2) is 5.25. The van der Waals surface area contributed by atoms with Crippen LogP contribution in [-0.2, 0) is 6.42 Å². The highest BCUT2D eigenvalue weighted by molar-refractivity contribution is 5.95. The Balaban J connectivity index is 2.03. The molecule has 2 rings (SSSR count). The summed E-state index contributed by atoms with van der Waals surface area (Å²) in [5, 5.41) is 13.3. The van der Waals surface area contributed by atoms with Crippen molar-refractivity contribution < 1.29 is 9.31 Å². The zero-order valence-corrected chi connectivity index (χ0v) is 10.5. The molecule has 0 spiro atoms. The normalized spacial score (nSPS) is 21.7. The molecule has 5 N–H and O–H groups in total. The first-order valence-corrected chi connectivity index (χ1v) is 5.91. The van der Waals surface area contributed by atoms with E-state index in [1.165, 1.54) is 12.1 Å². The number of nitrogens with two attached hydrogens (primary N) is 2. The third kappa shape index (κ3) is 3.09. The van der Waals surface area contributed by atoms with Gasteiger partial charge in [0, 0.05) is 6.42 Å². The molecule has 1 aromatic carbocycles. The van der Waals surface area contributed by atoms with Crippen molar-refractivity contribution in [2.45, 2.75) is 18.6 Å². The van der Waals surface area contributed by atoms with E-state index in [0.717, 1.165) is 11.8 Å². The second-order valence-corrected chi connectivity index (χ2v) is 4.48. The minimum Gasteiger partial charge on any atom is -0.378 e. The Bertz CT molecular complexity index is 584. The van der Waals surface area contributed by atoms with Gasteiger partial charge in [-0.2, -0.15) is 0 Å². The van der Waals surface area contributed by atoms with Crippen LogP contribution in [0.3, 0.4) is 0 Å². The molecule has 106 valence electrons. The van der Waals surface area contributed by atoms with E-state index in [9.17, 15) is 14.5 Å². The Morgan fingerprint density at radius 2 is 2.05 bits per heavy atom. The van der Waals surface area contributed by atoms with Crippen molar-refractivity contribution in [3.8, 4) is 0 Å². The molecule has 0 saturated heterocycles. The first-order valence-electron chi connectivity index (χ1n) is 5.91. The van der Waals surface area contributed by atoms with Crippen molar-refractivity contribution in [3.05, 3.63) is 57.7 Å². The van der Waals surface area contributed by atoms with Gasteiger partial charge in [0.15, 0.2) is 5.79 Å². The van der Waals surface area contributed by atoms with Gasteiger partial charge in [-0.15, -0.1) is 0 Å². The Morgan fingerprint density at radius 3 is 2.60 bits per heavy atom. The lowest BCUT2D eigenvalue weighted by Gasteiger charge is -2.28. The molecule has 7 nitrogen and oxygen atoms in total. The lowest BCUT2D eigenvalue weighted by atomic mass is 10.1. The Labute approximate surface area is 114 Å². The summed E-state index contributed by atoms with van der Waals surface area (Å²) < 4.78 is 12.8. The number of aliphatic imine (C=N–C) groups is 1. The van der Waals surface area contributed by atoms with Crippen molar-refractivity contribution in [2.24, 2.45) is 16.5 Å². The molecule has 1 aromatic rings. The molecule has 1 unspecified atom stereocenters. The number of nitrogens with zero attached hydrogens (tertiary/aromatic N) is 2. The quantitative estimate of drug-likeness (QED) is 0.546. The van der Waals surface area contributed by atoms with Crippen LogP contribution in [0.4, 0.5) is 4.39 Å². The van der Waals surface area contributed by atoms with Gasteiger partial charge >= 0.3 is 5.70 Å². The van der Waals surface area contributed by atoms with Gasteiger partial charge in [0.05, 0.1) is 11.1 Å². The SMILES string of the molecule is NC1=NC(N)(CCc2ccc(F)cc2)NC=C1[N+](=O)[O-]. The number of amidine groups is 1. The predicted octanol–water partition coefficient (Wildman–Crippen LogP) is 0.449. The molecule has 1 atom stereocenters. The van der Waals surface area contributed by atoms with Gasteiger partial charge in [-0.1, -0.05) is 12.1 Å². The molecule has 0 fully saturated rings. The summed E-state index contributed by atoms with van der Waals surface area (Å²) in [7, 11) is 0. The molecule has 1 aliphatic heterocycles. The minimum atomic E-state index is -1.20. The van der Waals surface area contributed by atoms with Crippen LogP contribution in [0.15, 0.2) is 41.2 Å². The van der Waals surface area contributed by atoms with Gasteiger partial charge in [0.1, 0.15) is 5.82 Å². The molecule has 0 aromatic heterocycles. The van der Waals surface area contributed by atoms with Gasteiger partial charge in [0.2, 0.25) is 5.84 Å². The number of hydrogen-bond acceptors (Lipinski definition) is 6. The first-order chi connectivity index (χ1) is 9.39. The van der Waals surface area contributed by atoms with E-state index in [-0.39, 0.29) is 17.3 Å². The number of rotatable bonds is 4. The topological polar surface area (TPSA) is 120 Å². The van der Waals surface area contributed by atoms with Crippen LogP contribution in [0.5, 0.6) is 0 Å². The van der Waals surface area contributed by atoms with Gasteiger partial charge < -0.3 is 11.1 Å². The van der Waals surface area contributed by atoms with E-state index in [4.69, 9.17) is 11.5 Å². The van der Waals surface area contributed by atoms with Crippen LogP contribution in [0, 0.1) is 15.9 Å². The van der Waals surface area contributed by atoms with E-state index in [0.29, 0.717) is 12.8 Å². The molecule has 1 heterocycles. The lowest BCUT2D eigenvalue weighted by molar-refractivity contribution is -0.416. The maximum atomic E-state index is 12.8. The summed E-state index contributed by atoms with van der Waals surface area (Å²) in [6.45, 7) is 0. The maximum Gasteiger partial charge on any atom is 0.326 e. The molecule has 0 radical (unpaired) electrons. The first kappa shape index (κ1) is 13.9. The number of nitrogens with one attached hydrogen (secondary N) is 1. The van der Waals surface area contributed by atoms with Crippen molar-refractivity contribution in [1.29, 1.82) is 0 Å². The summed E-state index contributed by atoms with van der Waals surface area (Å²) >= 11 is 0. The van der Waals surface area contributed by atoms with Crippen molar-refractivity contribution >= 4 is 5.84 Å². The van der Waals surface area contributed by atoms with Crippen molar-refractivity contribution in [3.63, 3.8) is 0 Å². The summed E-state index contributed by atoms with van der Waals surface area (Å²) in [5.41, 5.74) is 12.1. The van der Waals surface area contributed by atoms with Gasteiger partial charge in [0.25, 0.3) is 0 Å². The van der Waals surface area contributed by atoms with Crippen LogP contribution in [0.2, 0.25) is 0 Å². The average molecular weight is 279 g/mol. The smallest absolute Gasteiger partial charge is 0.326 e. The monoisotopic (exact) mass is 279 g/mol. The van der Waals surface area contributed by atoms with E-state index in [2.05, 4.69) is 10.3 Å². The highest BCUT2D eigenvalue weighted by Crippen LogP contribution is 2.16. The van der Waals surface area contributed by atoms with Gasteiger partial charge in [-0.25, -0.2) is 9.38 Å². The largest absolute Gasteiger partial charge is 0.378 e. The van der Waals surface area contributed by atoms with Crippen LogP contribution >= 0.6 is 0 Å². The zero-order valence-electron chi connectivity index (χ0n) is 10.5. The average Bonchev–Trinajstić information content (AvgIpc) is 2.37.